The van der Waals surface area contributed by atoms with Gasteiger partial charge in [-0.1, -0.05) is 121 Å². The Bertz CT molecular complexity index is 3440. The van der Waals surface area contributed by atoms with Crippen LogP contribution in [0.3, 0.4) is 0 Å². The zero-order valence-corrected chi connectivity index (χ0v) is 26.5. The van der Waals surface area contributed by atoms with Crippen molar-refractivity contribution in [3.63, 3.8) is 0 Å². The molecule has 0 aliphatic carbocycles. The van der Waals surface area contributed by atoms with Gasteiger partial charge in [0.2, 0.25) is 0 Å². The third-order valence-corrected chi connectivity index (χ3v) is 10.0. The summed E-state index contributed by atoms with van der Waals surface area (Å²) in [5, 5.41) is 3.37. The molecule has 2 aromatic heterocycles. The van der Waals surface area contributed by atoms with Crippen molar-refractivity contribution < 1.29 is 19.5 Å². The quantitative estimate of drug-likeness (QED) is 0.184. The molecule has 0 fully saturated rings. The Labute approximate surface area is 303 Å². The SMILES string of the molecule is [2H]c1cc2oc3c([2H])c([2H])c4ccc(-c5ccc(N(c6ccc7c(c6)sc6ccccc67)c6ccccc6-c6c([2H])c([2H])c([2H])c([2H])c6[2H])cc5)c([2H])c4c3c2c([2H])c1[2H]. The van der Waals surface area contributed by atoms with E-state index in [-0.39, 0.29) is 75.8 Å². The Morgan fingerprint density at radius 1 is 0.510 bits per heavy atom. The maximum Gasteiger partial charge on any atom is 0.136 e. The highest BCUT2D eigenvalue weighted by Gasteiger charge is 2.19. The molecule has 2 nitrogen and oxygen atoms in total. The number of rotatable bonds is 5. The van der Waals surface area contributed by atoms with E-state index in [0.717, 1.165) is 25.9 Å². The first-order valence-electron chi connectivity index (χ1n) is 21.2. The predicted molar refractivity (Wildman–Crippen MR) is 210 cm³/mol. The fraction of sp³-hybridized carbons (Fsp3) is 0. The molecule has 0 aliphatic rings. The maximum atomic E-state index is 9.53. The number of hydrogen-bond donors (Lipinski definition) is 0. The molecule has 0 spiro atoms. The predicted octanol–water partition coefficient (Wildman–Crippen LogP) is 13.9. The monoisotopic (exact) mass is 654 g/mol. The Hall–Kier alpha value is -6.16. The first-order chi connectivity index (χ1) is 28.8. The lowest BCUT2D eigenvalue weighted by molar-refractivity contribution is 0.669. The van der Waals surface area contributed by atoms with Crippen LogP contribution in [0, 0.1) is 0 Å². The highest BCUT2D eigenvalue weighted by atomic mass is 32.1. The minimum Gasteiger partial charge on any atom is -0.456 e. The minimum absolute atomic E-state index is 0.0195. The Morgan fingerprint density at radius 3 is 2.20 bits per heavy atom. The average molecular weight is 655 g/mol. The molecule has 0 unspecified atom stereocenters. The molecule has 3 heteroatoms. The molecular formula is C46H29NOS. The van der Waals surface area contributed by atoms with Gasteiger partial charge in [0.1, 0.15) is 11.2 Å². The molecule has 0 saturated carbocycles. The standard InChI is InChI=1S/C46H29NOS/c1-2-10-31(11-3-1)36-12-4-7-15-41(36)47(35-25-26-38-37-13-6-9-17-44(37)49-45(38)29-35)34-23-20-30(21-24-34)33-19-18-32-22-27-43-46(40(32)28-33)39-14-5-8-16-42(39)48-43/h1-29H/i1D,2D,3D,5D,8D,10D,11D,14D,22D,27D,28D. The number of para-hydroxylation sites is 2. The summed E-state index contributed by atoms with van der Waals surface area (Å²) in [4.78, 5) is 1.99. The molecule has 0 radical (unpaired) electrons. The fourth-order valence-corrected chi connectivity index (χ4v) is 7.76. The normalized spacial score (nSPS) is 14.8. The van der Waals surface area contributed by atoms with Gasteiger partial charge in [-0.3, -0.25) is 0 Å². The Kier molecular flexibility index (Phi) is 4.35. The number of nitrogens with zero attached hydrogens (tertiary/aromatic N) is 1. The summed E-state index contributed by atoms with van der Waals surface area (Å²) in [6.45, 7) is 0. The summed E-state index contributed by atoms with van der Waals surface area (Å²) in [7, 11) is 0. The van der Waals surface area contributed by atoms with Gasteiger partial charge in [-0.25, -0.2) is 0 Å². The summed E-state index contributed by atoms with van der Waals surface area (Å²) in [5.74, 6) is 0. The second-order valence-corrected chi connectivity index (χ2v) is 12.8. The second-order valence-electron chi connectivity index (χ2n) is 11.7. The summed E-state index contributed by atoms with van der Waals surface area (Å²) >= 11 is 1.66. The number of anilines is 3. The Morgan fingerprint density at radius 2 is 1.29 bits per heavy atom. The van der Waals surface area contributed by atoms with Crippen LogP contribution in [0.15, 0.2) is 180 Å². The van der Waals surface area contributed by atoms with Crippen molar-refractivity contribution in [3.05, 3.63) is 176 Å². The first-order valence-corrected chi connectivity index (χ1v) is 16.5. The van der Waals surface area contributed by atoms with E-state index in [4.69, 9.17) is 18.1 Å². The van der Waals surface area contributed by atoms with Gasteiger partial charge in [-0.05, 0) is 82.0 Å². The number of hydrogen-bond acceptors (Lipinski definition) is 3. The van der Waals surface area contributed by atoms with Gasteiger partial charge in [0.15, 0.2) is 0 Å². The van der Waals surface area contributed by atoms with Crippen LogP contribution >= 0.6 is 11.3 Å². The van der Waals surface area contributed by atoms with Gasteiger partial charge in [-0.2, -0.15) is 0 Å². The van der Waals surface area contributed by atoms with Crippen LogP contribution < -0.4 is 4.90 Å². The lowest BCUT2D eigenvalue weighted by atomic mass is 9.97. The largest absolute Gasteiger partial charge is 0.456 e. The van der Waals surface area contributed by atoms with Crippen LogP contribution in [0.25, 0.3) is 75.1 Å². The van der Waals surface area contributed by atoms with Crippen LogP contribution in [0.4, 0.5) is 17.1 Å². The van der Waals surface area contributed by atoms with Crippen molar-refractivity contribution in [2.24, 2.45) is 0 Å². The average Bonchev–Trinajstić information content (AvgIpc) is 3.83. The van der Waals surface area contributed by atoms with Crippen molar-refractivity contribution in [2.45, 2.75) is 0 Å². The van der Waals surface area contributed by atoms with Crippen LogP contribution in [-0.4, -0.2) is 0 Å². The van der Waals surface area contributed by atoms with E-state index in [2.05, 4.69) is 24.3 Å². The summed E-state index contributed by atoms with van der Waals surface area (Å²) < 4.78 is 103. The van der Waals surface area contributed by atoms with E-state index >= 15 is 0 Å². The van der Waals surface area contributed by atoms with Gasteiger partial charge < -0.3 is 9.32 Å². The van der Waals surface area contributed by atoms with E-state index < -0.39 is 18.1 Å². The third kappa shape index (κ3) is 4.62. The molecule has 0 atom stereocenters. The number of benzene rings is 8. The molecule has 10 aromatic rings. The van der Waals surface area contributed by atoms with Crippen LogP contribution in [0.1, 0.15) is 15.1 Å². The first kappa shape index (κ1) is 19.0. The lowest BCUT2D eigenvalue weighted by Crippen LogP contribution is -2.11. The molecule has 8 aromatic carbocycles. The van der Waals surface area contributed by atoms with Crippen molar-refractivity contribution in [1.82, 2.24) is 0 Å². The zero-order valence-electron chi connectivity index (χ0n) is 36.7. The summed E-state index contributed by atoms with van der Waals surface area (Å²) in [6, 6.07) is 30.8. The molecule has 49 heavy (non-hydrogen) atoms. The van der Waals surface area contributed by atoms with E-state index in [1.165, 1.54) is 6.07 Å². The number of thiophene rings is 1. The molecule has 0 amide bonds. The third-order valence-electron chi connectivity index (χ3n) is 8.88. The minimum atomic E-state index is -0.472. The molecule has 10 rings (SSSR count). The molecule has 0 saturated heterocycles. The smallest absolute Gasteiger partial charge is 0.136 e. The molecule has 2 heterocycles. The molecule has 0 N–H and O–H groups in total. The van der Waals surface area contributed by atoms with E-state index in [1.807, 2.05) is 59.5 Å². The van der Waals surface area contributed by atoms with Crippen molar-refractivity contribution in [3.8, 4) is 22.3 Å². The van der Waals surface area contributed by atoms with Crippen molar-refractivity contribution >= 4 is 81.3 Å². The van der Waals surface area contributed by atoms with E-state index in [1.54, 1.807) is 35.6 Å². The highest BCUT2D eigenvalue weighted by Crippen LogP contribution is 2.44. The fourth-order valence-electron chi connectivity index (χ4n) is 6.62. The summed E-state index contributed by atoms with van der Waals surface area (Å²) in [5.41, 5.74) is 3.89. The van der Waals surface area contributed by atoms with E-state index in [0.29, 0.717) is 38.8 Å². The molecule has 0 bridgehead atoms. The maximum absolute atomic E-state index is 9.53. The topological polar surface area (TPSA) is 16.4 Å². The summed E-state index contributed by atoms with van der Waals surface area (Å²) in [6.07, 6.45) is 0. The zero-order chi connectivity index (χ0) is 41.9. The van der Waals surface area contributed by atoms with Gasteiger partial charge in [-0.15, -0.1) is 11.3 Å². The molecule has 230 valence electrons. The second kappa shape index (κ2) is 11.2. The van der Waals surface area contributed by atoms with Gasteiger partial charge in [0.25, 0.3) is 0 Å². The number of fused-ring (bicyclic) bond motifs is 8. The Balaban J connectivity index is 1.18. The molecule has 0 aliphatic heterocycles. The highest BCUT2D eigenvalue weighted by molar-refractivity contribution is 7.25. The van der Waals surface area contributed by atoms with Gasteiger partial charge >= 0.3 is 0 Å². The number of furan rings is 1. The van der Waals surface area contributed by atoms with E-state index in [9.17, 15) is 1.37 Å². The van der Waals surface area contributed by atoms with Crippen molar-refractivity contribution in [2.75, 3.05) is 4.90 Å². The molecular weight excluding hydrogens is 615 g/mol. The van der Waals surface area contributed by atoms with Crippen LogP contribution in [0.2, 0.25) is 0 Å². The van der Waals surface area contributed by atoms with Gasteiger partial charge in [0, 0.05) is 47.9 Å². The lowest BCUT2D eigenvalue weighted by Gasteiger charge is -2.28. The van der Waals surface area contributed by atoms with Crippen LogP contribution in [0.5, 0.6) is 0 Å². The van der Waals surface area contributed by atoms with Crippen LogP contribution in [-0.2, 0) is 0 Å². The van der Waals surface area contributed by atoms with Crippen molar-refractivity contribution in [1.29, 1.82) is 0 Å². The van der Waals surface area contributed by atoms with Gasteiger partial charge in [0.05, 0.1) is 20.8 Å².